The van der Waals surface area contributed by atoms with Crippen LogP contribution in [0.15, 0.2) is 48.7 Å². The maximum Gasteiger partial charge on any atom is 0.417 e. The molecule has 0 bridgehead atoms. The first kappa shape index (κ1) is 15.9. The molecular formula is C17H9F4NO2. The van der Waals surface area contributed by atoms with Crippen LogP contribution in [0.2, 0.25) is 0 Å². The van der Waals surface area contributed by atoms with Crippen molar-refractivity contribution in [3.63, 3.8) is 0 Å². The number of pyridine rings is 1. The first-order valence-electron chi connectivity index (χ1n) is 6.77. The second-order valence-electron chi connectivity index (χ2n) is 4.92. The van der Waals surface area contributed by atoms with Gasteiger partial charge in [-0.1, -0.05) is 18.2 Å². The van der Waals surface area contributed by atoms with Gasteiger partial charge in [0.1, 0.15) is 22.8 Å². The van der Waals surface area contributed by atoms with Gasteiger partial charge in [0.15, 0.2) is 6.29 Å². The van der Waals surface area contributed by atoms with Crippen molar-refractivity contribution in [3.05, 3.63) is 65.6 Å². The molecular weight excluding hydrogens is 326 g/mol. The summed E-state index contributed by atoms with van der Waals surface area (Å²) in [6.07, 6.45) is -3.41. The highest BCUT2D eigenvalue weighted by atomic mass is 19.4. The molecule has 0 radical (unpaired) electrons. The van der Waals surface area contributed by atoms with E-state index in [0.29, 0.717) is 5.39 Å². The molecule has 0 aliphatic carbocycles. The minimum absolute atomic E-state index is 0.0896. The van der Waals surface area contributed by atoms with E-state index in [1.807, 2.05) is 0 Å². The summed E-state index contributed by atoms with van der Waals surface area (Å²) in [6.45, 7) is 0. The van der Waals surface area contributed by atoms with E-state index in [9.17, 15) is 22.4 Å². The van der Waals surface area contributed by atoms with Crippen LogP contribution in [-0.4, -0.2) is 11.3 Å². The highest BCUT2D eigenvalue weighted by Gasteiger charge is 2.34. The summed E-state index contributed by atoms with van der Waals surface area (Å²) in [5, 5.41) is 0.423. The molecule has 0 saturated heterocycles. The summed E-state index contributed by atoms with van der Waals surface area (Å²) in [6, 6.07) is 8.92. The Hall–Kier alpha value is -2.96. The van der Waals surface area contributed by atoms with Gasteiger partial charge in [-0.05, 0) is 24.3 Å². The van der Waals surface area contributed by atoms with Crippen molar-refractivity contribution in [1.82, 2.24) is 4.98 Å². The van der Waals surface area contributed by atoms with Crippen LogP contribution in [0.3, 0.4) is 0 Å². The third kappa shape index (κ3) is 2.92. The molecule has 0 unspecified atom stereocenters. The molecule has 0 atom stereocenters. The van der Waals surface area contributed by atoms with Crippen LogP contribution in [-0.2, 0) is 6.18 Å². The maximum absolute atomic E-state index is 13.6. The zero-order valence-corrected chi connectivity index (χ0v) is 12.0. The van der Waals surface area contributed by atoms with Gasteiger partial charge in [0.25, 0.3) is 0 Å². The normalized spacial score (nSPS) is 11.5. The number of aldehydes is 1. The molecule has 1 aromatic heterocycles. The second kappa shape index (κ2) is 5.92. The molecule has 122 valence electrons. The van der Waals surface area contributed by atoms with Gasteiger partial charge < -0.3 is 4.74 Å². The smallest absolute Gasteiger partial charge is 0.417 e. The quantitative estimate of drug-likeness (QED) is 0.499. The lowest BCUT2D eigenvalue weighted by molar-refractivity contribution is -0.137. The highest BCUT2D eigenvalue weighted by molar-refractivity contribution is 5.83. The third-order valence-corrected chi connectivity index (χ3v) is 3.35. The number of para-hydroxylation sites is 1. The van der Waals surface area contributed by atoms with E-state index in [4.69, 9.17) is 4.74 Å². The van der Waals surface area contributed by atoms with Gasteiger partial charge >= 0.3 is 6.18 Å². The molecule has 24 heavy (non-hydrogen) atoms. The van der Waals surface area contributed by atoms with E-state index < -0.39 is 23.1 Å². The molecule has 0 amide bonds. The maximum atomic E-state index is 13.6. The standard InChI is InChI=1S/C17H9F4NO2/c18-14-5-1-3-10-7-11(8-22-16(10)14)24-15-6-2-4-13(12(15)9-23)17(19,20)21/h1-9H. The lowest BCUT2D eigenvalue weighted by atomic mass is 10.1. The lowest BCUT2D eigenvalue weighted by Gasteiger charge is -2.13. The molecule has 1 heterocycles. The number of ether oxygens (including phenoxy) is 1. The monoisotopic (exact) mass is 335 g/mol. The van der Waals surface area contributed by atoms with Crippen LogP contribution in [0.4, 0.5) is 17.6 Å². The average Bonchev–Trinajstić information content (AvgIpc) is 2.54. The van der Waals surface area contributed by atoms with Crippen molar-refractivity contribution in [3.8, 4) is 11.5 Å². The first-order chi connectivity index (χ1) is 11.4. The summed E-state index contributed by atoms with van der Waals surface area (Å²) >= 11 is 0. The summed E-state index contributed by atoms with van der Waals surface area (Å²) in [4.78, 5) is 15.0. The predicted octanol–water partition coefficient (Wildman–Crippen LogP) is 5.00. The fourth-order valence-electron chi connectivity index (χ4n) is 2.29. The summed E-state index contributed by atoms with van der Waals surface area (Å²) in [7, 11) is 0. The van der Waals surface area contributed by atoms with E-state index in [1.165, 1.54) is 30.5 Å². The van der Waals surface area contributed by atoms with Crippen LogP contribution in [0.25, 0.3) is 10.9 Å². The fraction of sp³-hybridized carbons (Fsp3) is 0.0588. The number of aromatic nitrogens is 1. The molecule has 0 saturated carbocycles. The zero-order chi connectivity index (χ0) is 17.3. The molecule has 0 fully saturated rings. The van der Waals surface area contributed by atoms with Gasteiger partial charge in [-0.15, -0.1) is 0 Å². The van der Waals surface area contributed by atoms with Gasteiger partial charge in [-0.25, -0.2) is 9.37 Å². The number of fused-ring (bicyclic) bond motifs is 1. The first-order valence-corrected chi connectivity index (χ1v) is 6.77. The number of hydrogen-bond acceptors (Lipinski definition) is 3. The van der Waals surface area contributed by atoms with Crippen molar-refractivity contribution in [2.24, 2.45) is 0 Å². The Labute approximate surface area is 133 Å². The van der Waals surface area contributed by atoms with Crippen LogP contribution in [0.5, 0.6) is 11.5 Å². The van der Waals surface area contributed by atoms with Crippen molar-refractivity contribution in [2.45, 2.75) is 6.18 Å². The number of rotatable bonds is 3. The molecule has 3 rings (SSSR count). The lowest BCUT2D eigenvalue weighted by Crippen LogP contribution is -2.09. The fourth-order valence-corrected chi connectivity index (χ4v) is 2.29. The van der Waals surface area contributed by atoms with Crippen LogP contribution in [0, 0.1) is 5.82 Å². The third-order valence-electron chi connectivity index (χ3n) is 3.35. The van der Waals surface area contributed by atoms with E-state index >= 15 is 0 Å². The van der Waals surface area contributed by atoms with Crippen molar-refractivity contribution in [2.75, 3.05) is 0 Å². The molecule has 3 aromatic rings. The van der Waals surface area contributed by atoms with Gasteiger partial charge in [0.05, 0.1) is 17.3 Å². The van der Waals surface area contributed by atoms with Crippen molar-refractivity contribution >= 4 is 17.2 Å². The topological polar surface area (TPSA) is 39.2 Å². The van der Waals surface area contributed by atoms with Crippen molar-refractivity contribution < 1.29 is 27.1 Å². The van der Waals surface area contributed by atoms with Crippen LogP contribution < -0.4 is 4.74 Å². The van der Waals surface area contributed by atoms with Crippen molar-refractivity contribution in [1.29, 1.82) is 0 Å². The number of halogens is 4. The minimum atomic E-state index is -4.68. The molecule has 0 aliphatic rings. The SMILES string of the molecule is O=Cc1c(Oc2cnc3c(F)cccc3c2)cccc1C(F)(F)F. The van der Waals surface area contributed by atoms with Gasteiger partial charge in [0.2, 0.25) is 0 Å². The Morgan fingerprint density at radius 1 is 1.08 bits per heavy atom. The van der Waals surface area contributed by atoms with E-state index in [-0.39, 0.29) is 23.3 Å². The Morgan fingerprint density at radius 2 is 1.83 bits per heavy atom. The summed E-state index contributed by atoms with van der Waals surface area (Å²) in [5.74, 6) is -0.681. The molecule has 0 aliphatic heterocycles. The minimum Gasteiger partial charge on any atom is -0.455 e. The Morgan fingerprint density at radius 3 is 2.54 bits per heavy atom. The Balaban J connectivity index is 2.04. The van der Waals surface area contributed by atoms with E-state index in [2.05, 4.69) is 4.98 Å². The predicted molar refractivity (Wildman–Crippen MR) is 78.6 cm³/mol. The number of benzene rings is 2. The number of nitrogens with zero attached hydrogens (tertiary/aromatic N) is 1. The molecule has 7 heteroatoms. The van der Waals surface area contributed by atoms with Gasteiger partial charge in [-0.3, -0.25) is 4.79 Å². The van der Waals surface area contributed by atoms with Gasteiger partial charge in [-0.2, -0.15) is 13.2 Å². The summed E-state index contributed by atoms with van der Waals surface area (Å²) < 4.78 is 57.8. The van der Waals surface area contributed by atoms with E-state index in [1.54, 1.807) is 6.07 Å². The van der Waals surface area contributed by atoms with Crippen LogP contribution in [0.1, 0.15) is 15.9 Å². The van der Waals surface area contributed by atoms with Gasteiger partial charge in [0, 0.05) is 5.39 Å². The highest BCUT2D eigenvalue weighted by Crippen LogP contribution is 2.36. The second-order valence-corrected chi connectivity index (χ2v) is 4.92. The van der Waals surface area contributed by atoms with Crippen LogP contribution >= 0.6 is 0 Å². The molecule has 3 nitrogen and oxygen atoms in total. The number of carbonyl (C=O) groups excluding carboxylic acids is 1. The zero-order valence-electron chi connectivity index (χ0n) is 12.0. The molecule has 0 N–H and O–H groups in total. The number of carbonyl (C=O) groups is 1. The molecule has 2 aromatic carbocycles. The van der Waals surface area contributed by atoms with E-state index in [0.717, 1.165) is 12.1 Å². The Kier molecular flexibility index (Phi) is 3.92. The number of hydrogen-bond donors (Lipinski definition) is 0. The number of alkyl halides is 3. The average molecular weight is 335 g/mol. The summed E-state index contributed by atoms with van der Waals surface area (Å²) in [5.41, 5.74) is -1.58. The molecule has 0 spiro atoms. The Bertz CT molecular complexity index is 922. The largest absolute Gasteiger partial charge is 0.455 e.